The third-order valence-corrected chi connectivity index (χ3v) is 3.71. The van der Waals surface area contributed by atoms with Crippen LogP contribution in [-0.2, 0) is 0 Å². The Morgan fingerprint density at radius 3 is 2.79 bits per heavy atom. The largest absolute Gasteiger partial charge is 0.270 e. The molecule has 2 aromatic heterocycles. The van der Waals surface area contributed by atoms with Gasteiger partial charge in [0.15, 0.2) is 0 Å². The van der Waals surface area contributed by atoms with Crippen molar-refractivity contribution in [2.24, 2.45) is 5.84 Å². The second kappa shape index (κ2) is 6.00. The zero-order valence-corrected chi connectivity index (χ0v) is 13.0. The number of hydrogen-bond acceptors (Lipinski definition) is 4. The topological polar surface area (TPSA) is 68.8 Å². The van der Waals surface area contributed by atoms with Crippen LogP contribution in [-0.4, -0.2) is 14.8 Å². The van der Waals surface area contributed by atoms with Crippen molar-refractivity contribution < 1.29 is 0 Å². The van der Waals surface area contributed by atoms with E-state index >= 15 is 0 Å². The maximum atomic E-state index is 6.20. The molecule has 7 heteroatoms. The van der Waals surface area contributed by atoms with E-state index in [1.165, 1.54) is 0 Å². The van der Waals surface area contributed by atoms with Crippen molar-refractivity contribution in [2.45, 2.75) is 25.9 Å². The molecule has 0 spiro atoms. The molecule has 0 saturated heterocycles. The molecule has 3 N–H and O–H groups in total. The highest BCUT2D eigenvalue weighted by Gasteiger charge is 2.24. The van der Waals surface area contributed by atoms with E-state index in [0.717, 1.165) is 10.2 Å². The molecule has 2 rings (SSSR count). The normalized spacial score (nSPS) is 12.9. The molecule has 1 unspecified atom stereocenters. The number of hydrogen-bond donors (Lipinski definition) is 2. The summed E-state index contributed by atoms with van der Waals surface area (Å²) in [6, 6.07) is 3.46. The average Bonchev–Trinajstić information content (AvgIpc) is 2.75. The van der Waals surface area contributed by atoms with E-state index in [1.807, 2.05) is 4.68 Å². The van der Waals surface area contributed by atoms with Crippen molar-refractivity contribution in [3.05, 3.63) is 45.4 Å². The average molecular weight is 345 g/mol. The third kappa shape index (κ3) is 2.81. The first-order valence-corrected chi connectivity index (χ1v) is 7.02. The Kier molecular flexibility index (Phi) is 4.57. The van der Waals surface area contributed by atoms with E-state index in [9.17, 15) is 0 Å². The molecule has 0 fully saturated rings. The Labute approximate surface area is 125 Å². The van der Waals surface area contributed by atoms with Crippen LogP contribution < -0.4 is 11.3 Å². The summed E-state index contributed by atoms with van der Waals surface area (Å²) in [5.41, 5.74) is 4.34. The fourth-order valence-corrected chi connectivity index (χ4v) is 2.66. The molecule has 0 aliphatic heterocycles. The summed E-state index contributed by atoms with van der Waals surface area (Å²) in [5.74, 6) is 5.69. The van der Waals surface area contributed by atoms with Gasteiger partial charge in [-0.15, -0.1) is 0 Å². The fourth-order valence-electron chi connectivity index (χ4n) is 1.93. The van der Waals surface area contributed by atoms with Crippen LogP contribution in [0.15, 0.2) is 29.0 Å². The van der Waals surface area contributed by atoms with Crippen LogP contribution in [0.25, 0.3) is 0 Å². The van der Waals surface area contributed by atoms with Gasteiger partial charge >= 0.3 is 0 Å². The standard InChI is InChI=1S/C12H15BrClN5/c1-7(2)19-12(8(13)6-17-19)11(18-15)10-9(14)4-3-5-16-10/h3-7,11,18H,15H2,1-2H3. The van der Waals surface area contributed by atoms with Crippen molar-refractivity contribution >= 4 is 27.5 Å². The fraction of sp³-hybridized carbons (Fsp3) is 0.333. The zero-order valence-electron chi connectivity index (χ0n) is 10.6. The molecule has 0 aliphatic rings. The molecule has 0 amide bonds. The van der Waals surface area contributed by atoms with Gasteiger partial charge in [0, 0.05) is 12.2 Å². The Balaban J connectivity index is 2.55. The number of halogens is 2. The van der Waals surface area contributed by atoms with Crippen molar-refractivity contribution in [1.82, 2.24) is 20.2 Å². The Hall–Kier alpha value is -0.950. The Morgan fingerprint density at radius 2 is 2.21 bits per heavy atom. The van der Waals surface area contributed by atoms with Crippen LogP contribution in [0.3, 0.4) is 0 Å². The lowest BCUT2D eigenvalue weighted by Gasteiger charge is -2.20. The molecule has 19 heavy (non-hydrogen) atoms. The van der Waals surface area contributed by atoms with Crippen molar-refractivity contribution in [1.29, 1.82) is 0 Å². The summed E-state index contributed by atoms with van der Waals surface area (Å²) in [6.45, 7) is 4.10. The number of nitrogens with two attached hydrogens (primary N) is 1. The monoisotopic (exact) mass is 343 g/mol. The molecular formula is C12H15BrClN5. The SMILES string of the molecule is CC(C)n1ncc(Br)c1C(NN)c1ncccc1Cl. The number of nitrogens with one attached hydrogen (secondary N) is 1. The highest BCUT2D eigenvalue weighted by molar-refractivity contribution is 9.10. The summed E-state index contributed by atoms with van der Waals surface area (Å²) in [7, 11) is 0. The Morgan fingerprint density at radius 1 is 1.47 bits per heavy atom. The van der Waals surface area contributed by atoms with Crippen molar-refractivity contribution in [3.63, 3.8) is 0 Å². The predicted molar refractivity (Wildman–Crippen MR) is 78.7 cm³/mol. The van der Waals surface area contributed by atoms with E-state index in [-0.39, 0.29) is 12.1 Å². The quantitative estimate of drug-likeness (QED) is 0.661. The maximum absolute atomic E-state index is 6.20. The van der Waals surface area contributed by atoms with Gasteiger partial charge in [-0.1, -0.05) is 11.6 Å². The summed E-state index contributed by atoms with van der Waals surface area (Å²) in [4.78, 5) is 4.31. The van der Waals surface area contributed by atoms with E-state index in [1.54, 1.807) is 24.5 Å². The van der Waals surface area contributed by atoms with Gasteiger partial charge in [-0.2, -0.15) is 5.10 Å². The Bertz CT molecular complexity index is 569. The molecule has 5 nitrogen and oxygen atoms in total. The van der Waals surface area contributed by atoms with Gasteiger partial charge in [0.05, 0.1) is 27.1 Å². The van der Waals surface area contributed by atoms with E-state index in [2.05, 4.69) is 45.3 Å². The van der Waals surface area contributed by atoms with Crippen molar-refractivity contribution in [2.75, 3.05) is 0 Å². The van der Waals surface area contributed by atoms with E-state index < -0.39 is 0 Å². The molecule has 1 atom stereocenters. The van der Waals surface area contributed by atoms with Crippen LogP contribution in [0.1, 0.15) is 37.3 Å². The molecule has 2 aromatic rings. The van der Waals surface area contributed by atoms with Crippen molar-refractivity contribution in [3.8, 4) is 0 Å². The molecule has 102 valence electrons. The van der Waals surface area contributed by atoms with Gasteiger partial charge in [-0.05, 0) is 41.9 Å². The summed E-state index contributed by atoms with van der Waals surface area (Å²) in [5, 5.41) is 4.91. The molecule has 0 aromatic carbocycles. The summed E-state index contributed by atoms with van der Waals surface area (Å²) < 4.78 is 2.76. The lowest BCUT2D eigenvalue weighted by atomic mass is 10.1. The van der Waals surface area contributed by atoms with Crippen LogP contribution in [0.5, 0.6) is 0 Å². The lowest BCUT2D eigenvalue weighted by Crippen LogP contribution is -2.32. The smallest absolute Gasteiger partial charge is 0.107 e. The van der Waals surface area contributed by atoms with E-state index in [4.69, 9.17) is 17.4 Å². The van der Waals surface area contributed by atoms with E-state index in [0.29, 0.717) is 10.7 Å². The maximum Gasteiger partial charge on any atom is 0.107 e. The van der Waals surface area contributed by atoms with Crippen LogP contribution in [0.2, 0.25) is 5.02 Å². The van der Waals surface area contributed by atoms with Gasteiger partial charge in [-0.25, -0.2) is 5.43 Å². The third-order valence-electron chi connectivity index (χ3n) is 2.78. The first-order chi connectivity index (χ1) is 9.06. The minimum Gasteiger partial charge on any atom is -0.270 e. The van der Waals surface area contributed by atoms with Gasteiger partial charge in [0.2, 0.25) is 0 Å². The number of nitrogens with zero attached hydrogens (tertiary/aromatic N) is 3. The first kappa shape index (κ1) is 14.5. The van der Waals surface area contributed by atoms with Crippen LogP contribution in [0.4, 0.5) is 0 Å². The second-order valence-electron chi connectivity index (χ2n) is 4.39. The highest BCUT2D eigenvalue weighted by atomic mass is 79.9. The minimum atomic E-state index is -0.326. The molecule has 0 aliphatic carbocycles. The zero-order chi connectivity index (χ0) is 14.0. The molecule has 0 radical (unpaired) electrons. The molecule has 2 heterocycles. The van der Waals surface area contributed by atoms with Gasteiger partial charge in [-0.3, -0.25) is 15.5 Å². The molecular weight excluding hydrogens is 330 g/mol. The van der Waals surface area contributed by atoms with Crippen LogP contribution in [0, 0.1) is 0 Å². The lowest BCUT2D eigenvalue weighted by molar-refractivity contribution is 0.472. The van der Waals surface area contributed by atoms with Gasteiger partial charge in [0.1, 0.15) is 6.04 Å². The number of rotatable bonds is 4. The number of pyridine rings is 1. The molecule has 0 bridgehead atoms. The number of aromatic nitrogens is 3. The molecule has 0 saturated carbocycles. The highest BCUT2D eigenvalue weighted by Crippen LogP contribution is 2.31. The minimum absolute atomic E-state index is 0.208. The summed E-state index contributed by atoms with van der Waals surface area (Å²) >= 11 is 9.69. The first-order valence-electron chi connectivity index (χ1n) is 5.85. The summed E-state index contributed by atoms with van der Waals surface area (Å²) in [6.07, 6.45) is 3.44. The van der Waals surface area contributed by atoms with Crippen LogP contribution >= 0.6 is 27.5 Å². The number of hydrazine groups is 1. The van der Waals surface area contributed by atoms with Gasteiger partial charge < -0.3 is 0 Å². The van der Waals surface area contributed by atoms with Gasteiger partial charge in [0.25, 0.3) is 0 Å². The predicted octanol–water partition coefficient (Wildman–Crippen LogP) is 2.83. The second-order valence-corrected chi connectivity index (χ2v) is 5.65.